The van der Waals surface area contributed by atoms with E-state index in [1.165, 1.54) is 0 Å². The molecule has 0 amide bonds. The lowest BCUT2D eigenvalue weighted by molar-refractivity contribution is 0.264. The first-order chi connectivity index (χ1) is 10.6. The quantitative estimate of drug-likeness (QED) is 0.919. The van der Waals surface area contributed by atoms with E-state index < -0.39 is 10.0 Å². The van der Waals surface area contributed by atoms with Crippen molar-refractivity contribution in [3.8, 4) is 0 Å². The van der Waals surface area contributed by atoms with E-state index in [1.807, 2.05) is 36.4 Å². The topological polar surface area (TPSA) is 66.1 Å². The molecule has 1 saturated heterocycles. The van der Waals surface area contributed by atoms with Gasteiger partial charge in [-0.3, -0.25) is 5.10 Å². The second-order valence-corrected chi connectivity index (χ2v) is 7.86. The van der Waals surface area contributed by atoms with Gasteiger partial charge >= 0.3 is 0 Å². The molecule has 118 valence electrons. The van der Waals surface area contributed by atoms with Crippen molar-refractivity contribution < 1.29 is 8.42 Å². The van der Waals surface area contributed by atoms with E-state index in [9.17, 15) is 8.42 Å². The number of hydrogen-bond donors (Lipinski definition) is 1. The molecule has 22 heavy (non-hydrogen) atoms. The summed E-state index contributed by atoms with van der Waals surface area (Å²) in [5, 5.41) is 6.91. The van der Waals surface area contributed by atoms with Crippen LogP contribution in [0.5, 0.6) is 0 Å². The zero-order valence-electron chi connectivity index (χ0n) is 12.5. The molecule has 5 nitrogen and oxygen atoms in total. The molecular formula is C16H21N3O2S. The van der Waals surface area contributed by atoms with E-state index in [4.69, 9.17) is 0 Å². The maximum Gasteiger partial charge on any atom is 0.218 e. The average molecular weight is 319 g/mol. The van der Waals surface area contributed by atoms with Crippen molar-refractivity contribution in [2.75, 3.05) is 13.1 Å². The minimum absolute atomic E-state index is 0.0879. The van der Waals surface area contributed by atoms with Crippen LogP contribution >= 0.6 is 0 Å². The Morgan fingerprint density at radius 3 is 2.77 bits per heavy atom. The summed E-state index contributed by atoms with van der Waals surface area (Å²) in [5.74, 6) is 0.449. The van der Waals surface area contributed by atoms with E-state index in [0.717, 1.165) is 30.5 Å². The standard InChI is InChI=1S/C16H21N3O2S/c20-22(21,13-14-5-2-1-3-6-14)19-10-4-7-15(12-19)11-16-8-9-17-18-16/h1-3,5-6,8-9,15H,4,7,10-13H2,(H,17,18)/t15-/m0/s1. The zero-order valence-corrected chi connectivity index (χ0v) is 13.3. The van der Waals surface area contributed by atoms with Gasteiger partial charge in [0.1, 0.15) is 0 Å². The van der Waals surface area contributed by atoms with Crippen molar-refractivity contribution in [2.45, 2.75) is 25.0 Å². The highest BCUT2D eigenvalue weighted by Gasteiger charge is 2.29. The van der Waals surface area contributed by atoms with Gasteiger partial charge in [0.2, 0.25) is 10.0 Å². The summed E-state index contributed by atoms with van der Waals surface area (Å²) < 4.78 is 26.9. The Hall–Kier alpha value is -1.66. The van der Waals surface area contributed by atoms with E-state index in [1.54, 1.807) is 10.5 Å². The van der Waals surface area contributed by atoms with Crippen LogP contribution in [-0.4, -0.2) is 36.0 Å². The molecule has 2 aromatic rings. The lowest BCUT2D eigenvalue weighted by Crippen LogP contribution is -2.41. The summed E-state index contributed by atoms with van der Waals surface area (Å²) in [6.45, 7) is 1.24. The number of nitrogens with zero attached hydrogens (tertiary/aromatic N) is 2. The lowest BCUT2D eigenvalue weighted by Gasteiger charge is -2.31. The van der Waals surface area contributed by atoms with Crippen LogP contribution in [0.15, 0.2) is 42.6 Å². The number of H-pyrrole nitrogens is 1. The third kappa shape index (κ3) is 3.75. The molecule has 1 aromatic carbocycles. The van der Waals surface area contributed by atoms with Gasteiger partial charge in [0, 0.05) is 25.0 Å². The fourth-order valence-corrected chi connectivity index (χ4v) is 4.67. The molecule has 3 rings (SSSR count). The van der Waals surface area contributed by atoms with Crippen LogP contribution in [0.4, 0.5) is 0 Å². The SMILES string of the molecule is O=S(=O)(Cc1ccccc1)N1CCC[C@@H](Cc2ccn[nH]2)C1. The van der Waals surface area contributed by atoms with Crippen LogP contribution in [0, 0.1) is 5.92 Å². The van der Waals surface area contributed by atoms with E-state index in [-0.39, 0.29) is 5.75 Å². The molecule has 2 heterocycles. The molecule has 6 heteroatoms. The number of aromatic amines is 1. The van der Waals surface area contributed by atoms with Crippen LogP contribution in [0.1, 0.15) is 24.1 Å². The van der Waals surface area contributed by atoms with Crippen molar-refractivity contribution in [3.63, 3.8) is 0 Å². The van der Waals surface area contributed by atoms with Gasteiger partial charge in [0.05, 0.1) is 5.75 Å². The molecular weight excluding hydrogens is 298 g/mol. The first kappa shape index (κ1) is 15.2. The number of rotatable bonds is 5. The van der Waals surface area contributed by atoms with Gasteiger partial charge in [0.25, 0.3) is 0 Å². The third-order valence-corrected chi connectivity index (χ3v) is 5.95. The molecule has 1 aliphatic heterocycles. The molecule has 0 radical (unpaired) electrons. The van der Waals surface area contributed by atoms with Crippen LogP contribution in [-0.2, 0) is 22.2 Å². The molecule has 1 aromatic heterocycles. The van der Waals surface area contributed by atoms with E-state index >= 15 is 0 Å². The number of nitrogens with one attached hydrogen (secondary N) is 1. The fraction of sp³-hybridized carbons (Fsp3) is 0.438. The minimum atomic E-state index is -3.24. The Bertz CT molecular complexity index is 683. The van der Waals surface area contributed by atoms with Crippen LogP contribution < -0.4 is 0 Å². The Balaban J connectivity index is 1.65. The van der Waals surface area contributed by atoms with Gasteiger partial charge in [-0.15, -0.1) is 0 Å². The summed E-state index contributed by atoms with van der Waals surface area (Å²) in [6.07, 6.45) is 4.59. The minimum Gasteiger partial charge on any atom is -0.283 e. The first-order valence-corrected chi connectivity index (χ1v) is 9.24. The number of sulfonamides is 1. The van der Waals surface area contributed by atoms with Crippen molar-refractivity contribution in [1.82, 2.24) is 14.5 Å². The monoisotopic (exact) mass is 319 g/mol. The summed E-state index contributed by atoms with van der Waals surface area (Å²) in [4.78, 5) is 0. The Labute approximate surface area is 131 Å². The van der Waals surface area contributed by atoms with Crippen molar-refractivity contribution in [2.24, 2.45) is 5.92 Å². The van der Waals surface area contributed by atoms with Gasteiger partial charge in [-0.1, -0.05) is 30.3 Å². The normalized spacial score (nSPS) is 20.1. The maximum absolute atomic E-state index is 12.6. The number of benzene rings is 1. The number of aromatic nitrogens is 2. The fourth-order valence-electron chi connectivity index (χ4n) is 3.03. The second kappa shape index (κ2) is 6.62. The first-order valence-electron chi connectivity index (χ1n) is 7.63. The predicted octanol–water partition coefficient (Wildman–Crippen LogP) is 2.19. The smallest absolute Gasteiger partial charge is 0.218 e. The lowest BCUT2D eigenvalue weighted by atomic mass is 9.95. The van der Waals surface area contributed by atoms with E-state index in [2.05, 4.69) is 10.2 Å². The highest BCUT2D eigenvalue weighted by Crippen LogP contribution is 2.23. The van der Waals surface area contributed by atoms with Gasteiger partial charge in [-0.05, 0) is 36.8 Å². The van der Waals surface area contributed by atoms with Crippen molar-refractivity contribution >= 4 is 10.0 Å². The molecule has 1 fully saturated rings. The predicted molar refractivity (Wildman–Crippen MR) is 85.7 cm³/mol. The van der Waals surface area contributed by atoms with Gasteiger partial charge in [-0.25, -0.2) is 12.7 Å². The van der Waals surface area contributed by atoms with Crippen LogP contribution in [0.3, 0.4) is 0 Å². The molecule has 0 bridgehead atoms. The summed E-state index contributed by atoms with van der Waals surface area (Å²) >= 11 is 0. The largest absolute Gasteiger partial charge is 0.283 e. The number of piperidine rings is 1. The van der Waals surface area contributed by atoms with Crippen molar-refractivity contribution in [3.05, 3.63) is 53.9 Å². The Kier molecular flexibility index (Phi) is 4.59. The molecule has 0 aliphatic carbocycles. The molecule has 1 N–H and O–H groups in total. The van der Waals surface area contributed by atoms with Crippen LogP contribution in [0.25, 0.3) is 0 Å². The average Bonchev–Trinajstić information content (AvgIpc) is 3.01. The summed E-state index contributed by atoms with van der Waals surface area (Å²) in [6, 6.07) is 11.3. The third-order valence-electron chi connectivity index (χ3n) is 4.13. The van der Waals surface area contributed by atoms with Gasteiger partial charge < -0.3 is 0 Å². The second-order valence-electron chi connectivity index (χ2n) is 5.89. The number of hydrogen-bond acceptors (Lipinski definition) is 3. The molecule has 0 spiro atoms. The molecule has 0 saturated carbocycles. The van der Waals surface area contributed by atoms with Gasteiger partial charge in [-0.2, -0.15) is 5.10 Å². The van der Waals surface area contributed by atoms with Crippen LogP contribution in [0.2, 0.25) is 0 Å². The zero-order chi connectivity index (χ0) is 15.4. The highest BCUT2D eigenvalue weighted by molar-refractivity contribution is 7.88. The molecule has 0 unspecified atom stereocenters. The molecule has 1 aliphatic rings. The summed E-state index contributed by atoms with van der Waals surface area (Å²) in [7, 11) is -3.24. The Morgan fingerprint density at radius 1 is 1.23 bits per heavy atom. The highest BCUT2D eigenvalue weighted by atomic mass is 32.2. The molecule has 1 atom stereocenters. The maximum atomic E-state index is 12.6. The van der Waals surface area contributed by atoms with Gasteiger partial charge in [0.15, 0.2) is 0 Å². The Morgan fingerprint density at radius 2 is 2.05 bits per heavy atom. The summed E-state index contributed by atoms with van der Waals surface area (Å²) in [5.41, 5.74) is 1.92. The van der Waals surface area contributed by atoms with Crippen molar-refractivity contribution in [1.29, 1.82) is 0 Å². The van der Waals surface area contributed by atoms with E-state index in [0.29, 0.717) is 19.0 Å².